The first-order valence-corrected chi connectivity index (χ1v) is 8.85. The van der Waals surface area contributed by atoms with E-state index in [1.54, 1.807) is 23.1 Å². The van der Waals surface area contributed by atoms with Crippen LogP contribution < -0.4 is 15.0 Å². The van der Waals surface area contributed by atoms with Gasteiger partial charge in [0.2, 0.25) is 0 Å². The molecule has 2 amide bonds. The molecule has 0 spiro atoms. The number of amides is 2. The van der Waals surface area contributed by atoms with E-state index in [0.29, 0.717) is 13.1 Å². The average molecular weight is 357 g/mol. The standard InChI is InChI=1S/C20H24FN3O2/c1-15(2)26-17-9-7-16(8-10-17)23-11-13-24(14-12-23)20(25)22-19-6-4-3-5-18(19)21/h3-10,15H,11-14H2,1-2H3,(H,22,25). The summed E-state index contributed by atoms with van der Waals surface area (Å²) in [4.78, 5) is 16.3. The number of para-hydroxylation sites is 1. The number of benzene rings is 2. The summed E-state index contributed by atoms with van der Waals surface area (Å²) in [5, 5.41) is 2.64. The van der Waals surface area contributed by atoms with E-state index >= 15 is 0 Å². The molecule has 0 atom stereocenters. The van der Waals surface area contributed by atoms with Crippen molar-refractivity contribution in [2.75, 3.05) is 36.4 Å². The smallest absolute Gasteiger partial charge is 0.322 e. The minimum absolute atomic E-state index is 0.150. The minimum atomic E-state index is -0.428. The molecule has 138 valence electrons. The maximum absolute atomic E-state index is 13.7. The molecule has 0 aromatic heterocycles. The second-order valence-electron chi connectivity index (χ2n) is 6.54. The first-order valence-electron chi connectivity index (χ1n) is 8.85. The van der Waals surface area contributed by atoms with Crippen LogP contribution in [0.15, 0.2) is 48.5 Å². The Morgan fingerprint density at radius 2 is 1.69 bits per heavy atom. The highest BCUT2D eigenvalue weighted by atomic mass is 19.1. The van der Waals surface area contributed by atoms with Crippen LogP contribution in [0.5, 0.6) is 5.75 Å². The van der Waals surface area contributed by atoms with Crippen LogP contribution in [-0.4, -0.2) is 43.2 Å². The number of piperazine rings is 1. The molecule has 0 bridgehead atoms. The van der Waals surface area contributed by atoms with Crippen molar-refractivity contribution in [2.24, 2.45) is 0 Å². The van der Waals surface area contributed by atoms with E-state index in [0.717, 1.165) is 24.5 Å². The lowest BCUT2D eigenvalue weighted by Gasteiger charge is -2.36. The van der Waals surface area contributed by atoms with Crippen LogP contribution in [0, 0.1) is 5.82 Å². The largest absolute Gasteiger partial charge is 0.491 e. The molecule has 6 heteroatoms. The highest BCUT2D eigenvalue weighted by Crippen LogP contribution is 2.22. The van der Waals surface area contributed by atoms with Crippen molar-refractivity contribution in [2.45, 2.75) is 20.0 Å². The van der Waals surface area contributed by atoms with E-state index in [9.17, 15) is 9.18 Å². The number of hydrogen-bond acceptors (Lipinski definition) is 3. The molecule has 2 aromatic rings. The Balaban J connectivity index is 1.54. The number of rotatable bonds is 4. The van der Waals surface area contributed by atoms with Crippen molar-refractivity contribution >= 4 is 17.4 Å². The van der Waals surface area contributed by atoms with Gasteiger partial charge >= 0.3 is 6.03 Å². The summed E-state index contributed by atoms with van der Waals surface area (Å²) in [6, 6.07) is 13.9. The summed E-state index contributed by atoms with van der Waals surface area (Å²) in [7, 11) is 0. The van der Waals surface area contributed by atoms with Gasteiger partial charge in [-0.1, -0.05) is 12.1 Å². The Bertz CT molecular complexity index is 741. The number of hydrogen-bond donors (Lipinski definition) is 1. The van der Waals surface area contributed by atoms with Crippen LogP contribution >= 0.6 is 0 Å². The zero-order valence-electron chi connectivity index (χ0n) is 15.1. The average Bonchev–Trinajstić information content (AvgIpc) is 2.64. The molecule has 1 N–H and O–H groups in total. The summed E-state index contributed by atoms with van der Waals surface area (Å²) < 4.78 is 19.3. The molecule has 0 aliphatic carbocycles. The van der Waals surface area contributed by atoms with Gasteiger partial charge in [-0.25, -0.2) is 9.18 Å². The third kappa shape index (κ3) is 4.45. The molecule has 2 aromatic carbocycles. The molecule has 5 nitrogen and oxygen atoms in total. The Labute approximate surface area is 153 Å². The van der Waals surface area contributed by atoms with Gasteiger partial charge in [-0.05, 0) is 50.2 Å². The van der Waals surface area contributed by atoms with Crippen molar-refractivity contribution in [3.05, 3.63) is 54.3 Å². The fraction of sp³-hybridized carbons (Fsp3) is 0.350. The van der Waals surface area contributed by atoms with Gasteiger partial charge in [0.25, 0.3) is 0 Å². The van der Waals surface area contributed by atoms with Crippen LogP contribution in [-0.2, 0) is 0 Å². The predicted octanol–water partition coefficient (Wildman–Crippen LogP) is 3.97. The normalized spacial score (nSPS) is 14.5. The molecular weight excluding hydrogens is 333 g/mol. The molecule has 3 rings (SSSR count). The number of urea groups is 1. The maximum atomic E-state index is 13.7. The molecular formula is C20H24FN3O2. The Morgan fingerprint density at radius 3 is 2.31 bits per heavy atom. The van der Waals surface area contributed by atoms with E-state index in [1.807, 2.05) is 38.1 Å². The summed E-state index contributed by atoms with van der Waals surface area (Å²) in [5.74, 6) is 0.426. The molecule has 1 fully saturated rings. The number of nitrogens with zero attached hydrogens (tertiary/aromatic N) is 2. The highest BCUT2D eigenvalue weighted by Gasteiger charge is 2.22. The van der Waals surface area contributed by atoms with Crippen LogP contribution in [0.3, 0.4) is 0 Å². The van der Waals surface area contributed by atoms with E-state index in [-0.39, 0.29) is 17.8 Å². The van der Waals surface area contributed by atoms with Gasteiger partial charge < -0.3 is 19.9 Å². The van der Waals surface area contributed by atoms with Crippen LogP contribution in [0.4, 0.5) is 20.6 Å². The highest BCUT2D eigenvalue weighted by molar-refractivity contribution is 5.89. The molecule has 1 aliphatic heterocycles. The lowest BCUT2D eigenvalue weighted by atomic mass is 10.2. The Morgan fingerprint density at radius 1 is 1.04 bits per heavy atom. The molecule has 0 unspecified atom stereocenters. The fourth-order valence-electron chi connectivity index (χ4n) is 2.93. The van der Waals surface area contributed by atoms with Gasteiger partial charge in [0, 0.05) is 31.9 Å². The third-order valence-corrected chi connectivity index (χ3v) is 4.26. The third-order valence-electron chi connectivity index (χ3n) is 4.26. The zero-order valence-corrected chi connectivity index (χ0v) is 15.1. The number of anilines is 2. The number of nitrogens with one attached hydrogen (secondary N) is 1. The van der Waals surface area contributed by atoms with Crippen molar-refractivity contribution in [1.82, 2.24) is 4.90 Å². The Kier molecular flexibility index (Phi) is 5.61. The van der Waals surface area contributed by atoms with Crippen molar-refractivity contribution in [3.8, 4) is 5.75 Å². The molecule has 0 radical (unpaired) electrons. The van der Waals surface area contributed by atoms with Gasteiger partial charge in [0.15, 0.2) is 0 Å². The monoisotopic (exact) mass is 357 g/mol. The van der Waals surface area contributed by atoms with Crippen LogP contribution in [0.2, 0.25) is 0 Å². The molecule has 0 saturated carbocycles. The molecule has 26 heavy (non-hydrogen) atoms. The van der Waals surface area contributed by atoms with Gasteiger partial charge in [0.05, 0.1) is 11.8 Å². The van der Waals surface area contributed by atoms with E-state index in [4.69, 9.17) is 4.74 Å². The lowest BCUT2D eigenvalue weighted by Crippen LogP contribution is -2.50. The van der Waals surface area contributed by atoms with Gasteiger partial charge in [-0.2, -0.15) is 0 Å². The van der Waals surface area contributed by atoms with E-state index < -0.39 is 5.82 Å². The summed E-state index contributed by atoms with van der Waals surface area (Å²) in [6.45, 7) is 6.64. The van der Waals surface area contributed by atoms with Crippen molar-refractivity contribution < 1.29 is 13.9 Å². The van der Waals surface area contributed by atoms with Crippen molar-refractivity contribution in [1.29, 1.82) is 0 Å². The SMILES string of the molecule is CC(C)Oc1ccc(N2CCN(C(=O)Nc3ccccc3F)CC2)cc1. The van der Waals surface area contributed by atoms with Crippen LogP contribution in [0.25, 0.3) is 0 Å². The molecule has 1 aliphatic rings. The molecule has 1 saturated heterocycles. The molecule has 1 heterocycles. The number of halogens is 1. The lowest BCUT2D eigenvalue weighted by molar-refractivity contribution is 0.208. The zero-order chi connectivity index (χ0) is 18.5. The van der Waals surface area contributed by atoms with E-state index in [2.05, 4.69) is 10.2 Å². The topological polar surface area (TPSA) is 44.8 Å². The van der Waals surface area contributed by atoms with Gasteiger partial charge in [-0.15, -0.1) is 0 Å². The first-order chi connectivity index (χ1) is 12.5. The summed E-state index contributed by atoms with van der Waals surface area (Å²) >= 11 is 0. The van der Waals surface area contributed by atoms with Gasteiger partial charge in [-0.3, -0.25) is 0 Å². The second-order valence-corrected chi connectivity index (χ2v) is 6.54. The Hall–Kier alpha value is -2.76. The number of carbonyl (C=O) groups excluding carboxylic acids is 1. The summed E-state index contributed by atoms with van der Waals surface area (Å²) in [5.41, 5.74) is 1.32. The van der Waals surface area contributed by atoms with Crippen molar-refractivity contribution in [3.63, 3.8) is 0 Å². The maximum Gasteiger partial charge on any atom is 0.322 e. The second kappa shape index (κ2) is 8.08. The van der Waals surface area contributed by atoms with E-state index in [1.165, 1.54) is 6.07 Å². The number of carbonyl (C=O) groups is 1. The minimum Gasteiger partial charge on any atom is -0.491 e. The number of ether oxygens (including phenoxy) is 1. The fourth-order valence-corrected chi connectivity index (χ4v) is 2.93. The van der Waals surface area contributed by atoms with Crippen LogP contribution in [0.1, 0.15) is 13.8 Å². The quantitative estimate of drug-likeness (QED) is 0.901. The van der Waals surface area contributed by atoms with Gasteiger partial charge in [0.1, 0.15) is 11.6 Å². The predicted molar refractivity (Wildman–Crippen MR) is 101 cm³/mol. The first kappa shape index (κ1) is 18.0. The summed E-state index contributed by atoms with van der Waals surface area (Å²) in [6.07, 6.45) is 0.150.